The van der Waals surface area contributed by atoms with Gasteiger partial charge in [0.05, 0.1) is 11.9 Å². The van der Waals surface area contributed by atoms with Crippen molar-refractivity contribution in [3.8, 4) is 5.69 Å². The highest BCUT2D eigenvalue weighted by molar-refractivity contribution is 6.30. The van der Waals surface area contributed by atoms with E-state index in [9.17, 15) is 9.59 Å². The molecule has 2 aromatic carbocycles. The molecule has 0 radical (unpaired) electrons. The number of nitrogens with zero attached hydrogens (tertiary/aromatic N) is 4. The van der Waals surface area contributed by atoms with Gasteiger partial charge in [0.2, 0.25) is 0 Å². The number of aromatic nitrogens is 4. The lowest BCUT2D eigenvalue weighted by atomic mass is 9.87. The normalized spacial score (nSPS) is 11.6. The molecule has 8 heteroatoms. The molecule has 0 spiro atoms. The molecule has 0 fully saturated rings. The second-order valence-corrected chi connectivity index (χ2v) is 8.40. The number of nitrogens with one attached hydrogen (secondary N) is 1. The Morgan fingerprint density at radius 1 is 1.10 bits per heavy atom. The molecule has 1 N–H and O–H groups in total. The number of hydrogen-bond donors (Lipinski definition) is 1. The molecule has 0 atom stereocenters. The average molecular weight is 422 g/mol. The van der Waals surface area contributed by atoms with Gasteiger partial charge in [0.25, 0.3) is 11.5 Å². The van der Waals surface area contributed by atoms with Gasteiger partial charge in [-0.25, -0.2) is 14.3 Å². The maximum absolute atomic E-state index is 12.8. The van der Waals surface area contributed by atoms with Crippen LogP contribution in [0.25, 0.3) is 16.7 Å². The molecule has 0 bridgehead atoms. The van der Waals surface area contributed by atoms with Gasteiger partial charge >= 0.3 is 0 Å². The van der Waals surface area contributed by atoms with Crippen LogP contribution in [0.4, 0.5) is 0 Å². The predicted molar refractivity (Wildman–Crippen MR) is 117 cm³/mol. The first-order valence-corrected chi connectivity index (χ1v) is 9.75. The quantitative estimate of drug-likeness (QED) is 0.543. The topological polar surface area (TPSA) is 81.8 Å². The van der Waals surface area contributed by atoms with Crippen LogP contribution in [-0.4, -0.2) is 25.3 Å². The van der Waals surface area contributed by atoms with Crippen molar-refractivity contribution >= 4 is 28.5 Å². The second kappa shape index (κ2) is 7.42. The number of hydrogen-bond acceptors (Lipinski definition) is 4. The second-order valence-electron chi connectivity index (χ2n) is 7.96. The molecule has 0 saturated carbocycles. The Labute approximate surface area is 177 Å². The van der Waals surface area contributed by atoms with Gasteiger partial charge in [0.15, 0.2) is 5.65 Å². The Morgan fingerprint density at radius 3 is 2.50 bits per heavy atom. The van der Waals surface area contributed by atoms with Gasteiger partial charge in [0, 0.05) is 10.6 Å². The van der Waals surface area contributed by atoms with Crippen molar-refractivity contribution in [2.75, 3.05) is 5.43 Å². The minimum Gasteiger partial charge on any atom is -0.267 e. The summed E-state index contributed by atoms with van der Waals surface area (Å²) in [5.41, 5.74) is 4.78. The molecule has 0 saturated heterocycles. The highest BCUT2D eigenvalue weighted by Crippen LogP contribution is 2.22. The Kier molecular flexibility index (Phi) is 4.91. The molecule has 2 heterocycles. The summed E-state index contributed by atoms with van der Waals surface area (Å²) in [4.78, 5) is 29.7. The van der Waals surface area contributed by atoms with E-state index >= 15 is 0 Å². The molecular weight excluding hydrogens is 402 g/mol. The lowest BCUT2D eigenvalue weighted by Crippen LogP contribution is -2.33. The summed E-state index contributed by atoms with van der Waals surface area (Å²) in [6, 6.07) is 14.4. The fraction of sp³-hybridized carbons (Fsp3) is 0.182. The molecule has 1 amide bonds. The van der Waals surface area contributed by atoms with Crippen molar-refractivity contribution in [1.82, 2.24) is 19.4 Å². The summed E-state index contributed by atoms with van der Waals surface area (Å²) >= 11 is 6.04. The van der Waals surface area contributed by atoms with Crippen LogP contribution in [-0.2, 0) is 5.41 Å². The zero-order valence-electron chi connectivity index (χ0n) is 16.8. The van der Waals surface area contributed by atoms with Crippen molar-refractivity contribution < 1.29 is 4.79 Å². The maximum Gasteiger partial charge on any atom is 0.283 e. The van der Waals surface area contributed by atoms with E-state index < -0.39 is 11.5 Å². The predicted octanol–water partition coefficient (Wildman–Crippen LogP) is 3.92. The number of fused-ring (bicyclic) bond motifs is 1. The van der Waals surface area contributed by atoms with E-state index in [1.807, 2.05) is 18.2 Å². The summed E-state index contributed by atoms with van der Waals surface area (Å²) in [6.45, 7) is 6.31. The molecule has 30 heavy (non-hydrogen) atoms. The third-order valence-electron chi connectivity index (χ3n) is 4.78. The number of halogens is 1. The molecule has 0 aliphatic rings. The number of amides is 1. The van der Waals surface area contributed by atoms with Crippen molar-refractivity contribution in [3.05, 3.63) is 87.6 Å². The zero-order valence-corrected chi connectivity index (χ0v) is 17.5. The minimum atomic E-state index is -0.423. The zero-order chi connectivity index (χ0) is 21.5. The number of benzene rings is 2. The fourth-order valence-electron chi connectivity index (χ4n) is 3.08. The van der Waals surface area contributed by atoms with Gasteiger partial charge in [-0.2, -0.15) is 5.10 Å². The summed E-state index contributed by atoms with van der Waals surface area (Å²) in [7, 11) is 0. The molecule has 0 aliphatic heterocycles. The van der Waals surface area contributed by atoms with Crippen molar-refractivity contribution in [2.45, 2.75) is 26.2 Å². The molecule has 2 aromatic heterocycles. The lowest BCUT2D eigenvalue weighted by Gasteiger charge is -2.19. The number of rotatable bonds is 3. The van der Waals surface area contributed by atoms with Crippen molar-refractivity contribution in [3.63, 3.8) is 0 Å². The highest BCUT2D eigenvalue weighted by Gasteiger charge is 2.16. The standard InChI is InChI=1S/C22H20ClN5O2/c1-22(2,3)15-9-7-14(8-10-15)20(29)26-27-13-24-19-18(21(27)30)12-25-28(19)17-6-4-5-16(23)11-17/h4-13H,1-3H3,(H,26,29). The lowest BCUT2D eigenvalue weighted by molar-refractivity contribution is 0.101. The summed E-state index contributed by atoms with van der Waals surface area (Å²) in [5, 5.41) is 5.08. The van der Waals surface area contributed by atoms with Crippen LogP contribution in [0.15, 0.2) is 65.8 Å². The van der Waals surface area contributed by atoms with Crippen molar-refractivity contribution in [1.29, 1.82) is 0 Å². The molecule has 4 rings (SSSR count). The van der Waals surface area contributed by atoms with Crippen LogP contribution in [0, 0.1) is 0 Å². The number of carbonyl (C=O) groups is 1. The molecule has 0 aliphatic carbocycles. The van der Waals surface area contributed by atoms with Crippen LogP contribution < -0.4 is 11.0 Å². The molecule has 0 unspecified atom stereocenters. The largest absolute Gasteiger partial charge is 0.283 e. The molecule has 152 valence electrons. The summed E-state index contributed by atoms with van der Waals surface area (Å²) < 4.78 is 2.59. The molecule has 7 nitrogen and oxygen atoms in total. The minimum absolute atomic E-state index is 0.00988. The van der Waals surface area contributed by atoms with E-state index in [1.54, 1.807) is 30.3 Å². The van der Waals surface area contributed by atoms with E-state index in [0.29, 0.717) is 21.9 Å². The molecular formula is C22H20ClN5O2. The van der Waals surface area contributed by atoms with Gasteiger partial charge in [0.1, 0.15) is 11.7 Å². The molecule has 4 aromatic rings. The highest BCUT2D eigenvalue weighted by atomic mass is 35.5. The van der Waals surface area contributed by atoms with Crippen LogP contribution in [0.1, 0.15) is 36.7 Å². The average Bonchev–Trinajstić information content (AvgIpc) is 3.14. The smallest absolute Gasteiger partial charge is 0.267 e. The van der Waals surface area contributed by atoms with Crippen LogP contribution in [0.5, 0.6) is 0 Å². The first kappa shape index (κ1) is 19.8. The van der Waals surface area contributed by atoms with E-state index in [1.165, 1.54) is 17.2 Å². The van der Waals surface area contributed by atoms with E-state index in [4.69, 9.17) is 11.6 Å². The van der Waals surface area contributed by atoms with Crippen LogP contribution in [0.3, 0.4) is 0 Å². The van der Waals surface area contributed by atoms with E-state index in [2.05, 4.69) is 36.3 Å². The first-order valence-electron chi connectivity index (χ1n) is 9.37. The Hall–Kier alpha value is -3.45. The van der Waals surface area contributed by atoms with Gasteiger partial charge in [-0.15, -0.1) is 0 Å². The Balaban J connectivity index is 1.63. The van der Waals surface area contributed by atoms with Gasteiger partial charge in [-0.05, 0) is 41.3 Å². The Morgan fingerprint density at radius 2 is 1.83 bits per heavy atom. The summed E-state index contributed by atoms with van der Waals surface area (Å²) in [5.74, 6) is -0.402. The van der Waals surface area contributed by atoms with Gasteiger partial charge < -0.3 is 0 Å². The van der Waals surface area contributed by atoms with Gasteiger partial charge in [-0.3, -0.25) is 15.0 Å². The monoisotopic (exact) mass is 421 g/mol. The van der Waals surface area contributed by atoms with E-state index in [-0.39, 0.29) is 10.8 Å². The SMILES string of the molecule is CC(C)(C)c1ccc(C(=O)Nn2cnc3c(cnn3-c3cccc(Cl)c3)c2=O)cc1. The van der Waals surface area contributed by atoms with Gasteiger partial charge in [-0.1, -0.05) is 50.6 Å². The van der Waals surface area contributed by atoms with Crippen LogP contribution >= 0.6 is 11.6 Å². The summed E-state index contributed by atoms with van der Waals surface area (Å²) in [6.07, 6.45) is 2.70. The van der Waals surface area contributed by atoms with E-state index in [0.717, 1.165) is 10.2 Å². The number of carbonyl (C=O) groups excluding carboxylic acids is 1. The third kappa shape index (κ3) is 3.71. The first-order chi connectivity index (χ1) is 14.2. The van der Waals surface area contributed by atoms with Crippen molar-refractivity contribution in [2.24, 2.45) is 0 Å². The fourth-order valence-corrected chi connectivity index (χ4v) is 3.27. The third-order valence-corrected chi connectivity index (χ3v) is 5.01. The maximum atomic E-state index is 12.8. The Bertz CT molecular complexity index is 1300. The van der Waals surface area contributed by atoms with Crippen LogP contribution in [0.2, 0.25) is 5.02 Å².